The van der Waals surface area contributed by atoms with Gasteiger partial charge in [0, 0.05) is 64.2 Å². The van der Waals surface area contributed by atoms with E-state index in [4.69, 9.17) is 29.5 Å². The fourth-order valence-electron chi connectivity index (χ4n) is 10.3. The van der Waals surface area contributed by atoms with Gasteiger partial charge in [-0.25, -0.2) is 4.79 Å². The zero-order valence-corrected chi connectivity index (χ0v) is 41.2. The molecule has 0 unspecified atom stereocenters. The van der Waals surface area contributed by atoms with E-state index in [0.717, 1.165) is 12.0 Å². The molecule has 0 aromatic heterocycles. The average Bonchev–Trinajstić information content (AvgIpc) is 3.30. The normalized spacial score (nSPS) is 40.6. The largest absolute Gasteiger partial charge is 0.460 e. The van der Waals surface area contributed by atoms with Crippen molar-refractivity contribution >= 4 is 29.2 Å². The number of methoxy groups -OCH3 is 3. The van der Waals surface area contributed by atoms with E-state index in [9.17, 15) is 34.5 Å². The number of hydrogen-bond acceptors (Lipinski definition) is 14. The van der Waals surface area contributed by atoms with Crippen molar-refractivity contribution in [1.29, 1.82) is 0 Å². The maximum Gasteiger partial charge on any atom is 0.329 e. The Labute approximate surface area is 393 Å². The second-order valence-electron chi connectivity index (χ2n) is 19.7. The smallest absolute Gasteiger partial charge is 0.329 e. The van der Waals surface area contributed by atoms with Crippen molar-refractivity contribution < 1.29 is 58.2 Å². The zero-order valence-electron chi connectivity index (χ0n) is 41.2. The van der Waals surface area contributed by atoms with Crippen LogP contribution in [-0.2, 0) is 42.9 Å². The molecule has 15 heteroatoms. The number of nitrogens with zero attached hydrogens (tertiary/aromatic N) is 2. The van der Waals surface area contributed by atoms with Crippen LogP contribution in [-0.4, -0.2) is 132 Å². The van der Waals surface area contributed by atoms with Crippen molar-refractivity contribution in [3.8, 4) is 0 Å². The van der Waals surface area contributed by atoms with E-state index in [0.29, 0.717) is 69.1 Å². The van der Waals surface area contributed by atoms with Crippen molar-refractivity contribution in [1.82, 2.24) is 4.90 Å². The van der Waals surface area contributed by atoms with Crippen LogP contribution in [0.4, 0.5) is 0 Å². The molecule has 1 aliphatic carbocycles. The van der Waals surface area contributed by atoms with Gasteiger partial charge in [-0.05, 0) is 107 Å². The zero-order chi connectivity index (χ0) is 48.9. The van der Waals surface area contributed by atoms with Gasteiger partial charge in [0.2, 0.25) is 5.79 Å². The van der Waals surface area contributed by atoms with Gasteiger partial charge in [-0.1, -0.05) is 71.1 Å². The average molecular weight is 928 g/mol. The van der Waals surface area contributed by atoms with E-state index in [1.165, 1.54) is 12.0 Å². The minimum absolute atomic E-state index is 0.0338. The lowest BCUT2D eigenvalue weighted by Crippen LogP contribution is -2.61. The maximum atomic E-state index is 14.5. The first-order valence-electron chi connectivity index (χ1n) is 24.2. The number of allylic oxidation sites excluding steroid dienone is 6. The van der Waals surface area contributed by atoms with Crippen LogP contribution in [0.3, 0.4) is 0 Å². The lowest BCUT2D eigenvalue weighted by molar-refractivity contribution is -0.265. The highest BCUT2D eigenvalue weighted by molar-refractivity contribution is 6.39. The van der Waals surface area contributed by atoms with Gasteiger partial charge in [-0.3, -0.25) is 14.4 Å². The fraction of sp³-hybridized carbons (Fsp3) is 0.745. The number of cyclic esters (lactones) is 1. The number of fused-ring (bicyclic) bond motifs is 3. The Morgan fingerprint density at radius 2 is 1.62 bits per heavy atom. The molecule has 3 heterocycles. The van der Waals surface area contributed by atoms with Crippen LogP contribution in [0.5, 0.6) is 0 Å². The SMILES string of the molecule is CO[C@H]1C[C@@H]2CC[C@@H](C)[C@@](O)(O2)C(=O)C(=O)N2CCCC[C@H]2C(=O)O[C@H]([C@H](C)C[C@@H]2CC[C@@H](O)[C@H](OC)C2)C/C(=N\N)[C@H](C)/C=C(\C)[C@@H](O)[C@@H](OC)C(=O)[C@H](C)C[C@H](C)/C=C/C=C/C=C/1C. The summed E-state index contributed by atoms with van der Waals surface area (Å²) in [4.78, 5) is 58.0. The van der Waals surface area contributed by atoms with Gasteiger partial charge >= 0.3 is 5.97 Å². The lowest BCUT2D eigenvalue weighted by Gasteiger charge is -2.42. The summed E-state index contributed by atoms with van der Waals surface area (Å²) >= 11 is 0. The summed E-state index contributed by atoms with van der Waals surface area (Å²) in [6.45, 7) is 13.1. The molecule has 4 aliphatic rings. The summed E-state index contributed by atoms with van der Waals surface area (Å²) in [5.41, 5.74) is 1.84. The molecule has 66 heavy (non-hydrogen) atoms. The number of hydrogen-bond donors (Lipinski definition) is 4. The van der Waals surface area contributed by atoms with Crippen molar-refractivity contribution in [3.63, 3.8) is 0 Å². The number of carbonyl (C=O) groups is 4. The lowest BCUT2D eigenvalue weighted by atomic mass is 9.78. The molecule has 1 saturated carbocycles. The summed E-state index contributed by atoms with van der Waals surface area (Å²) in [6, 6.07) is -1.10. The number of ketones is 2. The molecule has 4 rings (SSSR count). The molecule has 2 saturated heterocycles. The number of hydrazone groups is 1. The van der Waals surface area contributed by atoms with Crippen LogP contribution in [0.2, 0.25) is 0 Å². The minimum atomic E-state index is -2.41. The molecule has 0 radical (unpaired) electrons. The maximum absolute atomic E-state index is 14.5. The Hall–Kier alpha value is -3.57. The summed E-state index contributed by atoms with van der Waals surface area (Å²) in [5, 5.41) is 38.2. The van der Waals surface area contributed by atoms with Crippen LogP contribution < -0.4 is 5.84 Å². The molecule has 0 spiro atoms. The molecule has 3 fully saturated rings. The number of carbonyl (C=O) groups excluding carboxylic acids is 4. The second-order valence-corrected chi connectivity index (χ2v) is 19.7. The van der Waals surface area contributed by atoms with E-state index in [1.54, 1.807) is 34.1 Å². The Morgan fingerprint density at radius 3 is 2.29 bits per heavy atom. The van der Waals surface area contributed by atoms with Crippen molar-refractivity contribution in [2.75, 3.05) is 27.9 Å². The topological polar surface area (TPSA) is 217 Å². The number of amides is 1. The van der Waals surface area contributed by atoms with Gasteiger partial charge in [-0.15, -0.1) is 0 Å². The third-order valence-corrected chi connectivity index (χ3v) is 14.7. The number of esters is 1. The van der Waals surface area contributed by atoms with Gasteiger partial charge in [-0.2, -0.15) is 5.10 Å². The second kappa shape index (κ2) is 25.7. The van der Waals surface area contributed by atoms with Gasteiger partial charge < -0.3 is 49.7 Å². The van der Waals surface area contributed by atoms with E-state index in [2.05, 4.69) is 5.10 Å². The van der Waals surface area contributed by atoms with E-state index < -0.39 is 83.9 Å². The summed E-state index contributed by atoms with van der Waals surface area (Å²) in [6.07, 6.45) is 12.3. The van der Waals surface area contributed by atoms with Gasteiger partial charge in [0.25, 0.3) is 11.7 Å². The first-order chi connectivity index (χ1) is 31.3. The van der Waals surface area contributed by atoms with Gasteiger partial charge in [0.1, 0.15) is 24.4 Å². The highest BCUT2D eigenvalue weighted by Gasteiger charge is 2.53. The van der Waals surface area contributed by atoms with Crippen molar-refractivity contribution in [2.24, 2.45) is 46.5 Å². The van der Waals surface area contributed by atoms with Crippen LogP contribution in [0.1, 0.15) is 126 Å². The summed E-state index contributed by atoms with van der Waals surface area (Å²) in [5.74, 6) is -1.00. The summed E-state index contributed by atoms with van der Waals surface area (Å²) < 4.78 is 29.6. The minimum Gasteiger partial charge on any atom is -0.460 e. The monoisotopic (exact) mass is 928 g/mol. The first-order valence-corrected chi connectivity index (χ1v) is 24.2. The van der Waals surface area contributed by atoms with Gasteiger partial charge in [0.05, 0.1) is 24.4 Å². The molecule has 0 aromatic rings. The van der Waals surface area contributed by atoms with E-state index in [-0.39, 0.29) is 49.0 Å². The Balaban J connectivity index is 1.73. The molecular formula is C51H81N3O12. The Kier molecular flexibility index (Phi) is 21.4. The Morgan fingerprint density at radius 1 is 0.894 bits per heavy atom. The predicted octanol–water partition coefficient (Wildman–Crippen LogP) is 5.93. The third-order valence-electron chi connectivity index (χ3n) is 14.7. The molecule has 0 aromatic carbocycles. The fourth-order valence-corrected chi connectivity index (χ4v) is 10.3. The first kappa shape index (κ1) is 55.0. The number of aliphatic hydroxyl groups excluding tert-OH is 2. The molecule has 2 bridgehead atoms. The highest BCUT2D eigenvalue weighted by atomic mass is 16.6. The van der Waals surface area contributed by atoms with Crippen LogP contribution >= 0.6 is 0 Å². The van der Waals surface area contributed by atoms with Gasteiger partial charge in [0.15, 0.2) is 5.78 Å². The molecule has 5 N–H and O–H groups in total. The number of rotatable bonds is 6. The van der Waals surface area contributed by atoms with Crippen LogP contribution in [0, 0.1) is 35.5 Å². The van der Waals surface area contributed by atoms with Crippen molar-refractivity contribution in [3.05, 3.63) is 47.6 Å². The molecule has 372 valence electrons. The number of nitrogens with two attached hydrogens (primary N) is 1. The standard InChI is InChI=1S/C51H81N3O12/c1-30-16-12-11-13-17-31(2)42(62-8)28-38-21-19-36(7)51(61,66-38)48(58)49(59)54-23-15-14-18-40(54)50(60)65-43(33(4)26-37-20-22-41(55)44(27-37)63-9)29-39(53-52)32(3)25-35(6)46(57)47(64-10)45(56)34(5)24-30/h11-13,16-17,25,30,32-34,36-38,40-44,46-47,55,57,61H,14-15,18-24,26-29,52H2,1-10H3/b13-11+,16-12+,31-17+,35-25+,53-39+/t30-,32-,33-,34-,36-,37+,38+,40+,41-,42+,43+,44-,46-,47+,51-/m1/s1. The third kappa shape index (κ3) is 14.2. The highest BCUT2D eigenvalue weighted by Crippen LogP contribution is 2.38. The number of piperidine rings is 1. The Bertz CT molecular complexity index is 1790. The van der Waals surface area contributed by atoms with Crippen LogP contribution in [0.15, 0.2) is 52.7 Å². The molecule has 15 atom stereocenters. The quantitative estimate of drug-likeness (QED) is 0.0801. The van der Waals surface area contributed by atoms with Crippen LogP contribution in [0.25, 0.3) is 0 Å². The molecule has 1 amide bonds. The molecule has 3 aliphatic heterocycles. The van der Waals surface area contributed by atoms with E-state index >= 15 is 0 Å². The predicted molar refractivity (Wildman–Crippen MR) is 252 cm³/mol. The number of ether oxygens (including phenoxy) is 5. The van der Waals surface area contributed by atoms with E-state index in [1.807, 2.05) is 65.0 Å². The number of aliphatic hydroxyl groups is 3. The summed E-state index contributed by atoms with van der Waals surface area (Å²) in [7, 11) is 4.58. The number of Topliss-reactive ketones (excluding diaryl/α,β-unsaturated/α-hetero) is 2. The molecular weight excluding hydrogens is 847 g/mol. The van der Waals surface area contributed by atoms with Crippen molar-refractivity contribution in [2.45, 2.75) is 180 Å². The molecule has 15 nitrogen and oxygen atoms in total.